The molecule has 1 aromatic heterocycles. The monoisotopic (exact) mass is 332 g/mol. The molecule has 122 valence electrons. The minimum atomic E-state index is -0.480. The predicted molar refractivity (Wildman–Crippen MR) is 90.3 cm³/mol. The summed E-state index contributed by atoms with van der Waals surface area (Å²) in [4.78, 5) is 6.37. The summed E-state index contributed by atoms with van der Waals surface area (Å²) < 4.78 is 5.62. The van der Waals surface area contributed by atoms with Gasteiger partial charge in [-0.25, -0.2) is 4.98 Å². The van der Waals surface area contributed by atoms with Crippen molar-refractivity contribution in [3.8, 4) is 0 Å². The number of aromatic nitrogens is 1. The van der Waals surface area contributed by atoms with Gasteiger partial charge in [0.05, 0.1) is 19.3 Å². The van der Waals surface area contributed by atoms with Crippen molar-refractivity contribution < 1.29 is 9.84 Å². The fourth-order valence-electron chi connectivity index (χ4n) is 2.96. The molecule has 2 unspecified atom stereocenters. The molecule has 0 aliphatic carbocycles. The molecule has 1 fully saturated rings. The number of halogens is 1. The van der Waals surface area contributed by atoms with Gasteiger partial charge in [-0.15, -0.1) is 0 Å². The van der Waals surface area contributed by atoms with Gasteiger partial charge in [0.1, 0.15) is 5.15 Å². The van der Waals surface area contributed by atoms with Gasteiger partial charge in [-0.1, -0.05) is 41.9 Å². The zero-order chi connectivity index (χ0) is 16.1. The highest BCUT2D eigenvalue weighted by atomic mass is 35.5. The van der Waals surface area contributed by atoms with Gasteiger partial charge in [0.15, 0.2) is 0 Å². The average molecular weight is 333 g/mol. The third-order valence-electron chi connectivity index (χ3n) is 4.21. The molecule has 1 saturated heterocycles. The van der Waals surface area contributed by atoms with Gasteiger partial charge in [-0.2, -0.15) is 0 Å². The Morgan fingerprint density at radius 2 is 2.13 bits per heavy atom. The lowest BCUT2D eigenvalue weighted by Gasteiger charge is -2.36. The molecule has 4 nitrogen and oxygen atoms in total. The van der Waals surface area contributed by atoms with E-state index in [-0.39, 0.29) is 6.04 Å². The van der Waals surface area contributed by atoms with Crippen LogP contribution in [0.3, 0.4) is 0 Å². The Morgan fingerprint density at radius 1 is 1.30 bits per heavy atom. The quantitative estimate of drug-likeness (QED) is 0.855. The third-order valence-corrected chi connectivity index (χ3v) is 4.41. The van der Waals surface area contributed by atoms with E-state index in [2.05, 4.69) is 9.88 Å². The summed E-state index contributed by atoms with van der Waals surface area (Å²) in [7, 11) is 0. The number of nitrogens with zero attached hydrogens (tertiary/aromatic N) is 2. The molecule has 0 bridgehead atoms. The highest BCUT2D eigenvalue weighted by molar-refractivity contribution is 6.29. The van der Waals surface area contributed by atoms with Crippen molar-refractivity contribution in [2.24, 2.45) is 0 Å². The summed E-state index contributed by atoms with van der Waals surface area (Å²) in [5.74, 6) is 0. The summed E-state index contributed by atoms with van der Waals surface area (Å²) in [5, 5.41) is 11.0. The molecule has 2 atom stereocenters. The van der Waals surface area contributed by atoms with Crippen LogP contribution in [-0.2, 0) is 11.3 Å². The maximum absolute atomic E-state index is 10.5. The topological polar surface area (TPSA) is 45.6 Å². The molecular weight excluding hydrogens is 312 g/mol. The van der Waals surface area contributed by atoms with E-state index in [4.69, 9.17) is 16.3 Å². The van der Waals surface area contributed by atoms with Crippen LogP contribution in [-0.4, -0.2) is 40.8 Å². The molecule has 2 heterocycles. The maximum Gasteiger partial charge on any atom is 0.129 e. The van der Waals surface area contributed by atoms with Gasteiger partial charge < -0.3 is 9.84 Å². The number of rotatable bonds is 5. The summed E-state index contributed by atoms with van der Waals surface area (Å²) >= 11 is 5.97. The van der Waals surface area contributed by atoms with E-state index in [1.165, 1.54) is 0 Å². The van der Waals surface area contributed by atoms with Gasteiger partial charge >= 0.3 is 0 Å². The summed E-state index contributed by atoms with van der Waals surface area (Å²) in [6.07, 6.45) is 1.90. The van der Waals surface area contributed by atoms with E-state index < -0.39 is 6.10 Å². The molecule has 23 heavy (non-hydrogen) atoms. The number of hydrogen-bond donors (Lipinski definition) is 1. The summed E-state index contributed by atoms with van der Waals surface area (Å²) in [6, 6.07) is 13.8. The summed E-state index contributed by atoms with van der Waals surface area (Å²) in [6.45, 7) is 3.00. The number of hydrogen-bond acceptors (Lipinski definition) is 4. The lowest BCUT2D eigenvalue weighted by Crippen LogP contribution is -2.45. The third kappa shape index (κ3) is 4.52. The number of morpholine rings is 1. The lowest BCUT2D eigenvalue weighted by molar-refractivity contribution is -0.0300. The van der Waals surface area contributed by atoms with E-state index in [1.807, 2.05) is 42.5 Å². The second-order valence-electron chi connectivity index (χ2n) is 5.85. The number of aliphatic hydroxyl groups excluding tert-OH is 1. The second kappa shape index (κ2) is 7.88. The Morgan fingerprint density at radius 3 is 2.91 bits per heavy atom. The van der Waals surface area contributed by atoms with Crippen molar-refractivity contribution in [3.05, 3.63) is 64.9 Å². The molecule has 0 radical (unpaired) electrons. The van der Waals surface area contributed by atoms with Crippen molar-refractivity contribution in [1.82, 2.24) is 9.88 Å². The molecule has 1 N–H and O–H groups in total. The predicted octanol–water partition coefficient (Wildman–Crippen LogP) is 3.06. The highest BCUT2D eigenvalue weighted by Gasteiger charge is 2.26. The smallest absolute Gasteiger partial charge is 0.129 e. The van der Waals surface area contributed by atoms with Crippen LogP contribution in [0.15, 0.2) is 48.7 Å². The van der Waals surface area contributed by atoms with Gasteiger partial charge in [0.25, 0.3) is 0 Å². The lowest BCUT2D eigenvalue weighted by atomic mass is 10.0. The van der Waals surface area contributed by atoms with E-state index in [0.29, 0.717) is 18.2 Å². The van der Waals surface area contributed by atoms with Gasteiger partial charge in [-0.3, -0.25) is 4.90 Å². The van der Waals surface area contributed by atoms with Crippen LogP contribution in [0.2, 0.25) is 5.15 Å². The Hall–Kier alpha value is -1.46. The van der Waals surface area contributed by atoms with Crippen molar-refractivity contribution in [3.63, 3.8) is 0 Å². The Balaban J connectivity index is 1.66. The van der Waals surface area contributed by atoms with Crippen molar-refractivity contribution >= 4 is 11.6 Å². The molecule has 1 aliphatic rings. The van der Waals surface area contributed by atoms with Crippen LogP contribution >= 0.6 is 11.6 Å². The number of benzene rings is 1. The summed E-state index contributed by atoms with van der Waals surface area (Å²) in [5.41, 5.74) is 2.08. The van der Waals surface area contributed by atoms with Gasteiger partial charge in [0.2, 0.25) is 0 Å². The second-order valence-corrected chi connectivity index (χ2v) is 6.24. The maximum atomic E-state index is 10.5. The molecular formula is C18H21ClN2O2. The highest BCUT2D eigenvalue weighted by Crippen LogP contribution is 2.24. The molecule has 2 aromatic rings. The van der Waals surface area contributed by atoms with Crippen LogP contribution in [0, 0.1) is 0 Å². The largest absolute Gasteiger partial charge is 0.388 e. The Bertz CT molecular complexity index is 623. The Kier molecular flexibility index (Phi) is 5.62. The van der Waals surface area contributed by atoms with Crippen LogP contribution in [0.1, 0.15) is 23.7 Å². The first-order chi connectivity index (χ1) is 11.2. The van der Waals surface area contributed by atoms with Crippen LogP contribution in [0.25, 0.3) is 0 Å². The van der Waals surface area contributed by atoms with Crippen LogP contribution < -0.4 is 0 Å². The van der Waals surface area contributed by atoms with Crippen LogP contribution in [0.4, 0.5) is 0 Å². The van der Waals surface area contributed by atoms with Crippen molar-refractivity contribution in [1.29, 1.82) is 0 Å². The van der Waals surface area contributed by atoms with E-state index in [0.717, 1.165) is 30.8 Å². The zero-order valence-corrected chi connectivity index (χ0v) is 13.7. The standard InChI is InChI=1S/C18H21ClN2O2/c19-18-10-14(6-7-20-18)12-21-8-9-23-13-16(21)11-17(22)15-4-2-1-3-5-15/h1-7,10,16-17,22H,8-9,11-13H2. The fraction of sp³-hybridized carbons (Fsp3) is 0.389. The van der Waals surface area contributed by atoms with Crippen LogP contribution in [0.5, 0.6) is 0 Å². The molecule has 0 spiro atoms. The van der Waals surface area contributed by atoms with Gasteiger partial charge in [-0.05, 0) is 29.7 Å². The van der Waals surface area contributed by atoms with E-state index in [1.54, 1.807) is 6.20 Å². The molecule has 1 aliphatic heterocycles. The molecule has 0 saturated carbocycles. The first-order valence-corrected chi connectivity index (χ1v) is 8.25. The zero-order valence-electron chi connectivity index (χ0n) is 12.9. The normalized spacial score (nSPS) is 20.3. The van der Waals surface area contributed by atoms with E-state index in [9.17, 15) is 5.11 Å². The average Bonchev–Trinajstić information content (AvgIpc) is 2.57. The Labute approximate surface area is 141 Å². The molecule has 0 amide bonds. The molecule has 3 rings (SSSR count). The first-order valence-electron chi connectivity index (χ1n) is 7.87. The number of ether oxygens (including phenoxy) is 1. The minimum absolute atomic E-state index is 0.186. The van der Waals surface area contributed by atoms with Gasteiger partial charge in [0, 0.05) is 25.3 Å². The molecule has 1 aromatic carbocycles. The number of aliphatic hydroxyl groups is 1. The first kappa shape index (κ1) is 16.4. The fourth-order valence-corrected chi connectivity index (χ4v) is 3.16. The minimum Gasteiger partial charge on any atom is -0.388 e. The van der Waals surface area contributed by atoms with Crippen molar-refractivity contribution in [2.75, 3.05) is 19.8 Å². The molecule has 5 heteroatoms. The SMILES string of the molecule is OC(CC1COCCN1Cc1ccnc(Cl)c1)c1ccccc1. The van der Waals surface area contributed by atoms with E-state index >= 15 is 0 Å². The number of pyridine rings is 1. The van der Waals surface area contributed by atoms with Crippen molar-refractivity contribution in [2.45, 2.75) is 25.1 Å².